The summed E-state index contributed by atoms with van der Waals surface area (Å²) in [6.07, 6.45) is 0. The molecule has 0 saturated carbocycles. The van der Waals surface area contributed by atoms with Crippen molar-refractivity contribution in [1.29, 1.82) is 0 Å². The van der Waals surface area contributed by atoms with Crippen LogP contribution in [-0.4, -0.2) is 11.1 Å². The van der Waals surface area contributed by atoms with Crippen molar-refractivity contribution in [3.05, 3.63) is 35.1 Å². The van der Waals surface area contributed by atoms with Gasteiger partial charge >= 0.3 is 5.97 Å². The van der Waals surface area contributed by atoms with E-state index in [4.69, 9.17) is 16.3 Å². The minimum absolute atomic E-state index is 0.0458. The molecule has 0 spiro atoms. The van der Waals surface area contributed by atoms with Gasteiger partial charge in [-0.05, 0) is 38.3 Å². The van der Waals surface area contributed by atoms with Crippen LogP contribution in [0.2, 0.25) is 5.02 Å². The third kappa shape index (κ3) is 2.70. The van der Waals surface area contributed by atoms with E-state index in [-0.39, 0.29) is 21.9 Å². The predicted molar refractivity (Wildman–Crippen MR) is 75.7 cm³/mol. The van der Waals surface area contributed by atoms with Gasteiger partial charge in [0.2, 0.25) is 0 Å². The molecule has 0 aliphatic carbocycles. The van der Waals surface area contributed by atoms with Crippen LogP contribution < -0.4 is 4.74 Å². The highest BCUT2D eigenvalue weighted by Gasteiger charge is 2.25. The van der Waals surface area contributed by atoms with E-state index in [0.29, 0.717) is 5.39 Å². The summed E-state index contributed by atoms with van der Waals surface area (Å²) in [5.41, 5.74) is -0.725. The van der Waals surface area contributed by atoms with Crippen LogP contribution in [0.1, 0.15) is 20.8 Å². The van der Waals surface area contributed by atoms with Gasteiger partial charge in [0.05, 0.1) is 10.4 Å². The maximum absolute atomic E-state index is 13.6. The molecule has 0 aromatic heterocycles. The number of hydrogen-bond acceptors (Lipinski definition) is 3. The molecule has 2 aromatic rings. The number of fused-ring (bicyclic) bond motifs is 1. The number of esters is 1. The quantitative estimate of drug-likeness (QED) is 0.631. The van der Waals surface area contributed by atoms with Crippen molar-refractivity contribution in [2.45, 2.75) is 20.8 Å². The van der Waals surface area contributed by atoms with Gasteiger partial charge in [-0.15, -0.1) is 0 Å². The second-order valence-electron chi connectivity index (χ2n) is 5.54. The number of halogens is 2. The molecule has 0 aliphatic heterocycles. The molecule has 0 radical (unpaired) electrons. The number of hydrogen-bond donors (Lipinski definition) is 1. The van der Waals surface area contributed by atoms with Crippen molar-refractivity contribution < 1.29 is 19.0 Å². The molecule has 1 N–H and O–H groups in total. The van der Waals surface area contributed by atoms with E-state index in [1.807, 2.05) is 0 Å². The number of phenolic OH excluding ortho intramolecular Hbond substituents is 1. The van der Waals surface area contributed by atoms with Crippen LogP contribution in [0, 0.1) is 11.2 Å². The van der Waals surface area contributed by atoms with E-state index in [9.17, 15) is 14.3 Å². The average molecular weight is 297 g/mol. The number of benzene rings is 2. The average Bonchev–Trinajstić information content (AvgIpc) is 2.32. The molecule has 2 aromatic carbocycles. The van der Waals surface area contributed by atoms with Crippen molar-refractivity contribution >= 4 is 28.3 Å². The maximum Gasteiger partial charge on any atom is 0.316 e. The van der Waals surface area contributed by atoms with E-state index in [2.05, 4.69) is 0 Å². The summed E-state index contributed by atoms with van der Waals surface area (Å²) in [6.45, 7) is 5.09. The van der Waals surface area contributed by atoms with Gasteiger partial charge in [-0.2, -0.15) is 0 Å². The monoisotopic (exact) mass is 296 g/mol. The molecule has 3 nitrogen and oxygen atoms in total. The Labute approximate surface area is 120 Å². The second kappa shape index (κ2) is 4.94. The maximum atomic E-state index is 13.6. The summed E-state index contributed by atoms with van der Waals surface area (Å²) in [6, 6.07) is 5.33. The van der Waals surface area contributed by atoms with E-state index in [1.54, 1.807) is 20.8 Å². The van der Waals surface area contributed by atoms with Crippen LogP contribution in [0.15, 0.2) is 24.3 Å². The van der Waals surface area contributed by atoms with Crippen molar-refractivity contribution in [3.8, 4) is 11.5 Å². The summed E-state index contributed by atoms with van der Waals surface area (Å²) in [4.78, 5) is 11.9. The molecule has 5 heteroatoms. The van der Waals surface area contributed by atoms with Gasteiger partial charge in [-0.3, -0.25) is 4.79 Å². The summed E-state index contributed by atoms with van der Waals surface area (Å²) < 4.78 is 18.8. The molecule has 20 heavy (non-hydrogen) atoms. The van der Waals surface area contributed by atoms with Gasteiger partial charge in [0, 0.05) is 11.5 Å². The Morgan fingerprint density at radius 1 is 1.30 bits per heavy atom. The zero-order valence-electron chi connectivity index (χ0n) is 11.3. The summed E-state index contributed by atoms with van der Waals surface area (Å²) in [5.74, 6) is -1.15. The first-order chi connectivity index (χ1) is 9.20. The SMILES string of the molecule is CC(C)(C)C(=O)Oc1cc(O)cc2ccc(F)c(Cl)c12. The molecule has 0 bridgehead atoms. The highest BCUT2D eigenvalue weighted by Crippen LogP contribution is 2.37. The van der Waals surface area contributed by atoms with Crippen LogP contribution in [0.4, 0.5) is 4.39 Å². The fourth-order valence-electron chi connectivity index (χ4n) is 1.68. The Morgan fingerprint density at radius 2 is 1.95 bits per heavy atom. The molecule has 0 atom stereocenters. The lowest BCUT2D eigenvalue weighted by atomic mass is 9.97. The molecule has 0 fully saturated rings. The van der Waals surface area contributed by atoms with Gasteiger partial charge in [-0.1, -0.05) is 17.7 Å². The molecule has 0 aliphatic rings. The summed E-state index contributed by atoms with van der Waals surface area (Å²) in [5, 5.41) is 10.3. The highest BCUT2D eigenvalue weighted by atomic mass is 35.5. The van der Waals surface area contributed by atoms with Gasteiger partial charge in [-0.25, -0.2) is 4.39 Å². The molecule has 0 amide bonds. The van der Waals surface area contributed by atoms with Gasteiger partial charge < -0.3 is 9.84 Å². The van der Waals surface area contributed by atoms with Crippen molar-refractivity contribution in [1.82, 2.24) is 0 Å². The number of ether oxygens (including phenoxy) is 1. The Kier molecular flexibility index (Phi) is 3.61. The number of aromatic hydroxyl groups is 1. The van der Waals surface area contributed by atoms with E-state index in [0.717, 1.165) is 0 Å². The smallest absolute Gasteiger partial charge is 0.316 e. The second-order valence-corrected chi connectivity index (χ2v) is 5.92. The van der Waals surface area contributed by atoms with E-state index in [1.165, 1.54) is 24.3 Å². The lowest BCUT2D eigenvalue weighted by molar-refractivity contribution is -0.142. The number of carbonyl (C=O) groups is 1. The molecule has 106 valence electrons. The molecular formula is C15H14ClFO3. The Balaban J connectivity index is 2.63. The third-order valence-corrected chi connectivity index (χ3v) is 3.14. The van der Waals surface area contributed by atoms with Gasteiger partial charge in [0.25, 0.3) is 0 Å². The Morgan fingerprint density at radius 3 is 2.55 bits per heavy atom. The first kappa shape index (κ1) is 14.6. The molecule has 0 saturated heterocycles. The van der Waals surface area contributed by atoms with Crippen LogP contribution in [0.25, 0.3) is 10.8 Å². The Bertz CT molecular complexity index is 690. The largest absolute Gasteiger partial charge is 0.508 e. The number of rotatable bonds is 1. The normalized spacial score (nSPS) is 11.7. The minimum Gasteiger partial charge on any atom is -0.508 e. The van der Waals surface area contributed by atoms with Crippen molar-refractivity contribution in [3.63, 3.8) is 0 Å². The first-order valence-electron chi connectivity index (χ1n) is 6.03. The highest BCUT2D eigenvalue weighted by molar-refractivity contribution is 6.36. The van der Waals surface area contributed by atoms with Gasteiger partial charge in [0.1, 0.15) is 17.3 Å². The Hall–Kier alpha value is -1.81. The molecular weight excluding hydrogens is 283 g/mol. The molecule has 2 rings (SSSR count). The van der Waals surface area contributed by atoms with E-state index >= 15 is 0 Å². The lowest BCUT2D eigenvalue weighted by Crippen LogP contribution is -2.25. The molecule has 0 heterocycles. The van der Waals surface area contributed by atoms with Crippen LogP contribution >= 0.6 is 11.6 Å². The first-order valence-corrected chi connectivity index (χ1v) is 6.41. The minimum atomic E-state index is -0.725. The fourth-order valence-corrected chi connectivity index (χ4v) is 1.94. The molecule has 0 unspecified atom stereocenters. The van der Waals surface area contributed by atoms with E-state index < -0.39 is 17.2 Å². The standard InChI is InChI=1S/C15H14ClFO3/c1-15(2,3)14(19)20-11-7-9(18)6-8-4-5-10(17)13(16)12(8)11/h4-7,18H,1-3H3. The zero-order valence-corrected chi connectivity index (χ0v) is 12.1. The summed E-state index contributed by atoms with van der Waals surface area (Å²) in [7, 11) is 0. The zero-order chi connectivity index (χ0) is 15.1. The predicted octanol–water partition coefficient (Wildman–Crippen LogP) is 4.29. The lowest BCUT2D eigenvalue weighted by Gasteiger charge is -2.18. The van der Waals surface area contributed by atoms with Crippen LogP contribution in [0.3, 0.4) is 0 Å². The van der Waals surface area contributed by atoms with Gasteiger partial charge in [0.15, 0.2) is 0 Å². The van der Waals surface area contributed by atoms with Crippen LogP contribution in [0.5, 0.6) is 11.5 Å². The van der Waals surface area contributed by atoms with Crippen LogP contribution in [-0.2, 0) is 4.79 Å². The number of carbonyl (C=O) groups excluding carboxylic acids is 1. The topological polar surface area (TPSA) is 46.5 Å². The third-order valence-electron chi connectivity index (χ3n) is 2.77. The van der Waals surface area contributed by atoms with Crippen molar-refractivity contribution in [2.24, 2.45) is 5.41 Å². The number of phenols is 1. The van der Waals surface area contributed by atoms with Crippen molar-refractivity contribution in [2.75, 3.05) is 0 Å². The fraction of sp³-hybridized carbons (Fsp3) is 0.267. The summed E-state index contributed by atoms with van der Waals surface area (Å²) >= 11 is 5.93.